The third-order valence-electron chi connectivity index (χ3n) is 5.31. The first-order valence-electron chi connectivity index (χ1n) is 10.4. The van der Waals surface area contributed by atoms with E-state index in [-0.39, 0.29) is 24.0 Å². The monoisotopic (exact) mass is 478 g/mol. The number of piperidine rings is 1. The van der Waals surface area contributed by atoms with Crippen molar-refractivity contribution in [1.82, 2.24) is 10.2 Å². The van der Waals surface area contributed by atoms with E-state index in [0.29, 0.717) is 40.9 Å². The molecule has 1 aliphatic heterocycles. The second-order valence-electron chi connectivity index (χ2n) is 8.80. The highest BCUT2D eigenvalue weighted by Gasteiger charge is 2.35. The number of hydrogen-bond acceptors (Lipinski definition) is 4. The van der Waals surface area contributed by atoms with Crippen molar-refractivity contribution in [3.05, 3.63) is 63.6 Å². The summed E-state index contributed by atoms with van der Waals surface area (Å²) in [5.41, 5.74) is 0.844. The lowest BCUT2D eigenvalue weighted by Gasteiger charge is -2.39. The minimum atomic E-state index is -0.588. The van der Waals surface area contributed by atoms with Crippen molar-refractivity contribution in [3.8, 4) is 5.75 Å². The van der Waals surface area contributed by atoms with Crippen molar-refractivity contribution in [3.63, 3.8) is 0 Å². The number of methoxy groups -OCH3 is 1. The number of nitrogens with one attached hydrogen (secondary N) is 1. The second-order valence-corrected chi connectivity index (χ2v) is 9.62. The molecule has 2 aromatic carbocycles. The maximum absolute atomic E-state index is 12.9. The Morgan fingerprint density at radius 2 is 1.75 bits per heavy atom. The molecule has 0 aliphatic carbocycles. The molecule has 6 nitrogen and oxygen atoms in total. The molecule has 0 saturated carbocycles. The first kappa shape index (κ1) is 24.2. The topological polar surface area (TPSA) is 67.9 Å². The summed E-state index contributed by atoms with van der Waals surface area (Å²) in [4.78, 5) is 27.3. The zero-order chi connectivity index (χ0) is 23.5. The molecule has 0 radical (unpaired) electrons. The average molecular weight is 479 g/mol. The number of nitrogens with zero attached hydrogens (tertiary/aromatic N) is 1. The molecule has 1 N–H and O–H groups in total. The van der Waals surface area contributed by atoms with Crippen molar-refractivity contribution < 1.29 is 19.1 Å². The van der Waals surface area contributed by atoms with Crippen molar-refractivity contribution in [2.45, 2.75) is 44.8 Å². The summed E-state index contributed by atoms with van der Waals surface area (Å²) in [6, 6.07) is 12.1. The largest absolute Gasteiger partial charge is 0.497 e. The van der Waals surface area contributed by atoms with Gasteiger partial charge in [0.05, 0.1) is 17.2 Å². The summed E-state index contributed by atoms with van der Waals surface area (Å²) in [5.74, 6) is 0.322. The van der Waals surface area contributed by atoms with Crippen LogP contribution in [0.2, 0.25) is 10.0 Å². The van der Waals surface area contributed by atoms with Crippen LogP contribution in [-0.2, 0) is 4.74 Å². The zero-order valence-corrected chi connectivity index (χ0v) is 20.2. The summed E-state index contributed by atoms with van der Waals surface area (Å²) in [6.45, 7) is 6.37. The second kappa shape index (κ2) is 10.0. The Balaban J connectivity index is 1.82. The molecule has 0 bridgehead atoms. The summed E-state index contributed by atoms with van der Waals surface area (Å²) in [7, 11) is 1.58. The fraction of sp³-hybridized carbons (Fsp3) is 0.417. The number of carbonyl (C=O) groups is 2. The maximum atomic E-state index is 12.9. The van der Waals surface area contributed by atoms with E-state index in [2.05, 4.69) is 5.32 Å². The van der Waals surface area contributed by atoms with Gasteiger partial charge in [0.15, 0.2) is 0 Å². The molecule has 1 aliphatic rings. The third-order valence-corrected chi connectivity index (χ3v) is 6.04. The van der Waals surface area contributed by atoms with Crippen LogP contribution in [0.5, 0.6) is 5.75 Å². The predicted molar refractivity (Wildman–Crippen MR) is 126 cm³/mol. The molecule has 2 amide bonds. The molecule has 1 saturated heterocycles. The number of halogens is 2. The van der Waals surface area contributed by atoms with Crippen LogP contribution in [0.3, 0.4) is 0 Å². The molecule has 2 atom stereocenters. The first-order chi connectivity index (χ1) is 15.1. The normalized spacial score (nSPS) is 18.8. The number of amides is 2. The Morgan fingerprint density at radius 3 is 2.34 bits per heavy atom. The standard InChI is InChI=1S/C24H28Cl2N2O4/c1-24(2,3)32-23(30)28-12-11-21(18(14-28)16-7-10-19(25)20(26)13-16)27-22(29)15-5-8-17(31-4)9-6-15/h5-10,13,18,21H,11-12,14H2,1-4H3,(H,27,29)/t18-,21+/m0/s1. The van der Waals surface area contributed by atoms with Gasteiger partial charge < -0.3 is 19.7 Å². The van der Waals surface area contributed by atoms with Crippen LogP contribution in [0.15, 0.2) is 42.5 Å². The Hall–Kier alpha value is -2.44. The molecule has 0 aromatic heterocycles. The highest BCUT2D eigenvalue weighted by Crippen LogP contribution is 2.32. The Bertz CT molecular complexity index is 973. The van der Waals surface area contributed by atoms with Gasteiger partial charge in [0.2, 0.25) is 0 Å². The van der Waals surface area contributed by atoms with Gasteiger partial charge in [-0.2, -0.15) is 0 Å². The fourth-order valence-electron chi connectivity index (χ4n) is 3.69. The van der Waals surface area contributed by atoms with Crippen molar-refractivity contribution in [2.24, 2.45) is 0 Å². The maximum Gasteiger partial charge on any atom is 0.410 e. The highest BCUT2D eigenvalue weighted by atomic mass is 35.5. The summed E-state index contributed by atoms with van der Waals surface area (Å²) in [6.07, 6.45) is 0.203. The smallest absolute Gasteiger partial charge is 0.410 e. The van der Waals surface area contributed by atoms with Gasteiger partial charge in [-0.1, -0.05) is 29.3 Å². The van der Waals surface area contributed by atoms with Gasteiger partial charge in [-0.15, -0.1) is 0 Å². The number of likely N-dealkylation sites (tertiary alicyclic amines) is 1. The molecular weight excluding hydrogens is 451 g/mol. The van der Waals surface area contributed by atoms with Gasteiger partial charge in [0, 0.05) is 30.6 Å². The van der Waals surface area contributed by atoms with E-state index >= 15 is 0 Å². The third kappa shape index (κ3) is 6.08. The SMILES string of the molecule is COc1ccc(C(=O)N[C@@H]2CCN(C(=O)OC(C)(C)C)C[C@H]2c2ccc(Cl)c(Cl)c2)cc1. The van der Waals surface area contributed by atoms with Gasteiger partial charge >= 0.3 is 6.09 Å². The van der Waals surface area contributed by atoms with Gasteiger partial charge in [-0.25, -0.2) is 4.79 Å². The number of carbonyl (C=O) groups excluding carboxylic acids is 2. The van der Waals surface area contributed by atoms with Gasteiger partial charge in [-0.3, -0.25) is 4.79 Å². The number of ether oxygens (including phenoxy) is 2. The minimum absolute atomic E-state index is 0.173. The molecule has 32 heavy (non-hydrogen) atoms. The summed E-state index contributed by atoms with van der Waals surface area (Å²) < 4.78 is 10.7. The fourth-order valence-corrected chi connectivity index (χ4v) is 4.00. The Morgan fingerprint density at radius 1 is 1.06 bits per heavy atom. The van der Waals surface area contributed by atoms with E-state index in [1.54, 1.807) is 48.4 Å². The van der Waals surface area contributed by atoms with E-state index in [4.69, 9.17) is 32.7 Å². The molecular formula is C24H28Cl2N2O4. The highest BCUT2D eigenvalue weighted by molar-refractivity contribution is 6.42. The lowest BCUT2D eigenvalue weighted by Crippen LogP contribution is -2.52. The quantitative estimate of drug-likeness (QED) is 0.627. The average Bonchev–Trinajstić information content (AvgIpc) is 2.74. The van der Waals surface area contributed by atoms with E-state index < -0.39 is 5.60 Å². The summed E-state index contributed by atoms with van der Waals surface area (Å²) >= 11 is 12.4. The van der Waals surface area contributed by atoms with Gasteiger partial charge in [0.1, 0.15) is 11.4 Å². The molecule has 0 unspecified atom stereocenters. The number of hydrogen-bond donors (Lipinski definition) is 1. The van der Waals surface area contributed by atoms with Crippen LogP contribution in [0, 0.1) is 0 Å². The molecule has 3 rings (SSSR count). The van der Waals surface area contributed by atoms with Gasteiger partial charge in [0.25, 0.3) is 5.91 Å². The molecule has 172 valence electrons. The van der Waals surface area contributed by atoms with E-state index in [1.807, 2.05) is 26.8 Å². The lowest BCUT2D eigenvalue weighted by molar-refractivity contribution is 0.0177. The zero-order valence-electron chi connectivity index (χ0n) is 18.7. The lowest BCUT2D eigenvalue weighted by atomic mass is 9.86. The van der Waals surface area contributed by atoms with Crippen LogP contribution >= 0.6 is 23.2 Å². The minimum Gasteiger partial charge on any atom is -0.497 e. The Labute approximate surface area is 198 Å². The molecule has 1 heterocycles. The first-order valence-corrected chi connectivity index (χ1v) is 11.2. The van der Waals surface area contributed by atoms with Crippen LogP contribution in [0.4, 0.5) is 4.79 Å². The van der Waals surface area contributed by atoms with Crippen LogP contribution in [0.25, 0.3) is 0 Å². The number of rotatable bonds is 4. The molecule has 0 spiro atoms. The summed E-state index contributed by atoms with van der Waals surface area (Å²) in [5, 5.41) is 4.01. The van der Waals surface area contributed by atoms with Gasteiger partial charge in [-0.05, 0) is 69.2 Å². The molecule has 8 heteroatoms. The van der Waals surface area contributed by atoms with Crippen molar-refractivity contribution >= 4 is 35.2 Å². The van der Waals surface area contributed by atoms with Crippen LogP contribution in [0.1, 0.15) is 49.0 Å². The van der Waals surface area contributed by atoms with E-state index in [9.17, 15) is 9.59 Å². The molecule has 2 aromatic rings. The Kier molecular flexibility index (Phi) is 7.57. The van der Waals surface area contributed by atoms with Crippen molar-refractivity contribution in [1.29, 1.82) is 0 Å². The number of benzene rings is 2. The van der Waals surface area contributed by atoms with E-state index in [1.165, 1.54) is 0 Å². The van der Waals surface area contributed by atoms with Crippen LogP contribution in [-0.4, -0.2) is 48.7 Å². The van der Waals surface area contributed by atoms with E-state index in [0.717, 1.165) is 5.56 Å². The molecule has 1 fully saturated rings. The van der Waals surface area contributed by atoms with Crippen LogP contribution < -0.4 is 10.1 Å². The predicted octanol–water partition coefficient (Wildman–Crippen LogP) is 5.53. The van der Waals surface area contributed by atoms with Crippen molar-refractivity contribution in [2.75, 3.05) is 20.2 Å².